The Balaban J connectivity index is 2.53. The molecule has 0 bridgehead atoms. The van der Waals surface area contributed by atoms with Gasteiger partial charge in [-0.3, -0.25) is 10.1 Å². The quantitative estimate of drug-likeness (QED) is 0.300. The summed E-state index contributed by atoms with van der Waals surface area (Å²) in [6, 6.07) is 3.55. The van der Waals surface area contributed by atoms with Crippen molar-refractivity contribution in [3.05, 3.63) is 46.9 Å². The highest BCUT2D eigenvalue weighted by molar-refractivity contribution is 5.05. The van der Waals surface area contributed by atoms with Gasteiger partial charge in [0.2, 0.25) is 6.54 Å². The van der Waals surface area contributed by atoms with Gasteiger partial charge in [0.15, 0.2) is 0 Å². The molecule has 0 amide bonds. The van der Waals surface area contributed by atoms with Crippen LogP contribution in [0.25, 0.3) is 0 Å². The van der Waals surface area contributed by atoms with E-state index in [1.165, 1.54) is 0 Å². The van der Waals surface area contributed by atoms with E-state index >= 15 is 0 Å². The van der Waals surface area contributed by atoms with Crippen molar-refractivity contribution in [2.45, 2.75) is 25.2 Å². The van der Waals surface area contributed by atoms with Gasteiger partial charge in [-0.2, -0.15) is 0 Å². The van der Waals surface area contributed by atoms with Crippen molar-refractivity contribution in [2.24, 2.45) is 0 Å². The molecule has 0 radical (unpaired) electrons. The maximum Gasteiger partial charge on any atom is 0.213 e. The summed E-state index contributed by atoms with van der Waals surface area (Å²) in [6.45, 7) is 3.56. The fourth-order valence-electron chi connectivity index (χ4n) is 1.54. The largest absolute Gasteiger partial charge is 0.469 e. The maximum absolute atomic E-state index is 10.5. The molecule has 0 saturated heterocycles. The normalized spacial score (nSPS) is 12.3. The number of unbranched alkanes of at least 4 members (excludes halogenated alkanes) is 1. The van der Waals surface area contributed by atoms with E-state index < -0.39 is 0 Å². The Hall–Kier alpha value is -1.58. The molecule has 15 heavy (non-hydrogen) atoms. The summed E-state index contributed by atoms with van der Waals surface area (Å²) in [6.07, 6.45) is 5.93. The predicted octanol–water partition coefficient (Wildman–Crippen LogP) is 3.00. The number of hydrogen-bond donors (Lipinski definition) is 0. The zero-order chi connectivity index (χ0) is 11.1. The van der Waals surface area contributed by atoms with Crippen molar-refractivity contribution in [3.8, 4) is 0 Å². The van der Waals surface area contributed by atoms with E-state index in [0.717, 1.165) is 19.3 Å². The van der Waals surface area contributed by atoms with Gasteiger partial charge in [0.05, 0.1) is 12.2 Å². The smallest absolute Gasteiger partial charge is 0.213 e. The molecule has 4 nitrogen and oxygen atoms in total. The van der Waals surface area contributed by atoms with E-state index in [1.54, 1.807) is 18.4 Å². The summed E-state index contributed by atoms with van der Waals surface area (Å²) in [4.78, 5) is 10.2. The molecule has 0 N–H and O–H groups in total. The first-order valence-electron chi connectivity index (χ1n) is 5.00. The topological polar surface area (TPSA) is 56.3 Å². The van der Waals surface area contributed by atoms with Gasteiger partial charge in [-0.05, 0) is 31.4 Å². The number of nitrogens with zero attached hydrogens (tertiary/aromatic N) is 1. The minimum atomic E-state index is -0.291. The highest BCUT2D eigenvalue weighted by Crippen LogP contribution is 2.22. The number of rotatable bonds is 7. The van der Waals surface area contributed by atoms with Crippen molar-refractivity contribution < 1.29 is 9.34 Å². The molecule has 1 aromatic heterocycles. The minimum Gasteiger partial charge on any atom is -0.469 e. The molecule has 0 spiro atoms. The zero-order valence-corrected chi connectivity index (χ0v) is 8.59. The second-order valence-electron chi connectivity index (χ2n) is 3.45. The van der Waals surface area contributed by atoms with E-state index in [1.807, 2.05) is 6.08 Å². The molecule has 1 aromatic rings. The second-order valence-corrected chi connectivity index (χ2v) is 3.45. The van der Waals surface area contributed by atoms with Crippen LogP contribution in [0, 0.1) is 10.1 Å². The highest BCUT2D eigenvalue weighted by atomic mass is 16.6. The Morgan fingerprint density at radius 2 is 2.47 bits per heavy atom. The van der Waals surface area contributed by atoms with E-state index in [0.29, 0.717) is 5.76 Å². The molecule has 0 aliphatic heterocycles. The lowest BCUT2D eigenvalue weighted by Crippen LogP contribution is -2.12. The van der Waals surface area contributed by atoms with Crippen LogP contribution in [0.3, 0.4) is 0 Å². The molecule has 0 aromatic carbocycles. The van der Waals surface area contributed by atoms with Crippen LogP contribution in [0.5, 0.6) is 0 Å². The highest BCUT2D eigenvalue weighted by Gasteiger charge is 2.19. The summed E-state index contributed by atoms with van der Waals surface area (Å²) in [5.41, 5.74) is 0. The molecule has 1 heterocycles. The zero-order valence-electron chi connectivity index (χ0n) is 8.59. The van der Waals surface area contributed by atoms with Crippen molar-refractivity contribution in [1.29, 1.82) is 0 Å². The van der Waals surface area contributed by atoms with Crippen LogP contribution in [0.2, 0.25) is 0 Å². The van der Waals surface area contributed by atoms with Gasteiger partial charge in [-0.15, -0.1) is 6.58 Å². The summed E-state index contributed by atoms with van der Waals surface area (Å²) < 4.78 is 5.20. The van der Waals surface area contributed by atoms with Gasteiger partial charge < -0.3 is 4.42 Å². The Morgan fingerprint density at radius 3 is 3.00 bits per heavy atom. The molecule has 0 aliphatic carbocycles. The number of furan rings is 1. The van der Waals surface area contributed by atoms with E-state index in [9.17, 15) is 10.1 Å². The number of hydrogen-bond acceptors (Lipinski definition) is 3. The predicted molar refractivity (Wildman–Crippen MR) is 57.4 cm³/mol. The van der Waals surface area contributed by atoms with Crippen LogP contribution in [0.1, 0.15) is 30.9 Å². The summed E-state index contributed by atoms with van der Waals surface area (Å²) in [5, 5.41) is 10.5. The molecule has 0 fully saturated rings. The van der Waals surface area contributed by atoms with Gasteiger partial charge in [-0.1, -0.05) is 6.08 Å². The first kappa shape index (κ1) is 11.5. The third-order valence-electron chi connectivity index (χ3n) is 2.28. The lowest BCUT2D eigenvalue weighted by Gasteiger charge is -2.08. The number of nitro groups is 1. The molecular weight excluding hydrogens is 194 g/mol. The fourth-order valence-corrected chi connectivity index (χ4v) is 1.54. The molecule has 1 unspecified atom stereocenters. The monoisotopic (exact) mass is 209 g/mol. The molecule has 1 rings (SSSR count). The SMILES string of the molecule is C=CCCCC(C[N+](=O)[O-])c1ccco1. The van der Waals surface area contributed by atoms with Crippen LogP contribution in [0.15, 0.2) is 35.5 Å². The first-order chi connectivity index (χ1) is 7.24. The molecule has 0 saturated carbocycles. The van der Waals surface area contributed by atoms with Gasteiger partial charge in [0.1, 0.15) is 5.76 Å². The van der Waals surface area contributed by atoms with E-state index in [-0.39, 0.29) is 17.4 Å². The third-order valence-corrected chi connectivity index (χ3v) is 2.28. The molecule has 0 aliphatic rings. The Morgan fingerprint density at radius 1 is 1.67 bits per heavy atom. The Labute approximate surface area is 88.7 Å². The van der Waals surface area contributed by atoms with Crippen LogP contribution in [-0.4, -0.2) is 11.5 Å². The van der Waals surface area contributed by atoms with Gasteiger partial charge in [-0.25, -0.2) is 0 Å². The van der Waals surface area contributed by atoms with Crippen LogP contribution in [0.4, 0.5) is 0 Å². The average Bonchev–Trinajstić information content (AvgIpc) is 2.68. The molecule has 82 valence electrons. The minimum absolute atomic E-state index is 0.0648. The van der Waals surface area contributed by atoms with Crippen LogP contribution < -0.4 is 0 Å². The second kappa shape index (κ2) is 6.01. The maximum atomic E-state index is 10.5. The lowest BCUT2D eigenvalue weighted by atomic mass is 9.99. The molecule has 4 heteroatoms. The van der Waals surface area contributed by atoms with Crippen molar-refractivity contribution in [2.75, 3.05) is 6.54 Å². The summed E-state index contributed by atoms with van der Waals surface area (Å²) in [7, 11) is 0. The summed E-state index contributed by atoms with van der Waals surface area (Å²) >= 11 is 0. The standard InChI is InChI=1S/C11H15NO3/c1-2-3-4-6-10(9-12(13)14)11-7-5-8-15-11/h2,5,7-8,10H,1,3-4,6,9H2. The Bertz CT molecular complexity index is 306. The van der Waals surface area contributed by atoms with E-state index in [2.05, 4.69) is 6.58 Å². The average molecular weight is 209 g/mol. The van der Waals surface area contributed by atoms with Gasteiger partial charge >= 0.3 is 0 Å². The van der Waals surface area contributed by atoms with Crippen molar-refractivity contribution in [1.82, 2.24) is 0 Å². The number of allylic oxidation sites excluding steroid dienone is 1. The molecule has 1 atom stereocenters. The fraction of sp³-hybridized carbons (Fsp3) is 0.455. The lowest BCUT2D eigenvalue weighted by molar-refractivity contribution is -0.484. The van der Waals surface area contributed by atoms with Gasteiger partial charge in [0, 0.05) is 4.92 Å². The van der Waals surface area contributed by atoms with Crippen LogP contribution >= 0.6 is 0 Å². The van der Waals surface area contributed by atoms with Crippen LogP contribution in [-0.2, 0) is 0 Å². The summed E-state index contributed by atoms with van der Waals surface area (Å²) in [5.74, 6) is 0.589. The Kier molecular flexibility index (Phi) is 4.60. The van der Waals surface area contributed by atoms with Crippen molar-refractivity contribution >= 4 is 0 Å². The van der Waals surface area contributed by atoms with Gasteiger partial charge in [0.25, 0.3) is 0 Å². The molecular formula is C11H15NO3. The third kappa shape index (κ3) is 3.97. The van der Waals surface area contributed by atoms with Crippen molar-refractivity contribution in [3.63, 3.8) is 0 Å². The first-order valence-corrected chi connectivity index (χ1v) is 5.00. The van der Waals surface area contributed by atoms with E-state index in [4.69, 9.17) is 4.42 Å².